The van der Waals surface area contributed by atoms with Crippen molar-refractivity contribution in [3.05, 3.63) is 35.4 Å². The molecule has 1 rings (SSSR count). The third kappa shape index (κ3) is 3.77. The van der Waals surface area contributed by atoms with E-state index in [0.29, 0.717) is 18.5 Å². The van der Waals surface area contributed by atoms with E-state index in [9.17, 15) is 13.6 Å². The topological polar surface area (TPSA) is 20.3 Å². The van der Waals surface area contributed by atoms with E-state index in [2.05, 4.69) is 15.9 Å². The van der Waals surface area contributed by atoms with Crippen LogP contribution in [-0.2, 0) is 11.3 Å². The molecule has 0 saturated carbocycles. The number of hydrogen-bond acceptors (Lipinski definition) is 1. The minimum Gasteiger partial charge on any atom is -0.338 e. The molecular weight excluding hydrogens is 304 g/mol. The van der Waals surface area contributed by atoms with Crippen molar-refractivity contribution >= 4 is 21.8 Å². The van der Waals surface area contributed by atoms with Crippen LogP contribution in [0.5, 0.6) is 0 Å². The van der Waals surface area contributed by atoms with Gasteiger partial charge in [-0.2, -0.15) is 0 Å². The van der Waals surface area contributed by atoms with Crippen molar-refractivity contribution in [3.8, 4) is 0 Å². The molecular formula is C13H16BrF2NO. The number of amides is 1. The van der Waals surface area contributed by atoms with E-state index in [-0.39, 0.29) is 17.3 Å². The Labute approximate surface area is 114 Å². The number of carbonyl (C=O) groups excluding carboxylic acids is 1. The predicted molar refractivity (Wildman–Crippen MR) is 70.5 cm³/mol. The van der Waals surface area contributed by atoms with Crippen LogP contribution in [0.1, 0.15) is 25.8 Å². The van der Waals surface area contributed by atoms with Crippen LogP contribution < -0.4 is 0 Å². The fraction of sp³-hybridized carbons (Fsp3) is 0.462. The summed E-state index contributed by atoms with van der Waals surface area (Å²) < 4.78 is 25.9. The molecule has 0 bridgehead atoms. The van der Waals surface area contributed by atoms with Crippen molar-refractivity contribution in [2.45, 2.75) is 31.6 Å². The smallest absolute Gasteiger partial charge is 0.236 e. The lowest BCUT2D eigenvalue weighted by atomic mass is 10.2. The third-order valence-electron chi connectivity index (χ3n) is 2.68. The van der Waals surface area contributed by atoms with E-state index >= 15 is 0 Å². The van der Waals surface area contributed by atoms with E-state index < -0.39 is 11.6 Å². The maximum absolute atomic E-state index is 13.1. The van der Waals surface area contributed by atoms with E-state index in [4.69, 9.17) is 0 Å². The van der Waals surface area contributed by atoms with Gasteiger partial charge in [-0.05, 0) is 31.0 Å². The van der Waals surface area contributed by atoms with E-state index in [0.717, 1.165) is 12.1 Å². The molecule has 0 aliphatic rings. The molecule has 0 N–H and O–H groups in total. The molecule has 0 radical (unpaired) electrons. The number of hydrogen-bond donors (Lipinski definition) is 0. The summed E-state index contributed by atoms with van der Waals surface area (Å²) in [5.74, 6) is -1.80. The molecule has 1 aromatic rings. The summed E-state index contributed by atoms with van der Waals surface area (Å²) in [5.41, 5.74) is 0.583. The van der Waals surface area contributed by atoms with Gasteiger partial charge in [0.25, 0.3) is 0 Å². The molecule has 0 aromatic heterocycles. The molecule has 1 amide bonds. The van der Waals surface area contributed by atoms with Crippen molar-refractivity contribution in [2.24, 2.45) is 0 Å². The number of alkyl halides is 1. The second kappa shape index (κ2) is 6.83. The Balaban J connectivity index is 2.79. The summed E-state index contributed by atoms with van der Waals surface area (Å²) in [4.78, 5) is 13.3. The highest BCUT2D eigenvalue weighted by Gasteiger charge is 2.19. The average molecular weight is 320 g/mol. The normalized spacial score (nSPS) is 12.3. The van der Waals surface area contributed by atoms with Crippen LogP contribution in [0.25, 0.3) is 0 Å². The maximum Gasteiger partial charge on any atom is 0.236 e. The van der Waals surface area contributed by atoms with Gasteiger partial charge in [-0.3, -0.25) is 4.79 Å². The fourth-order valence-electron chi connectivity index (χ4n) is 1.58. The van der Waals surface area contributed by atoms with Gasteiger partial charge in [-0.1, -0.05) is 28.9 Å². The lowest BCUT2D eigenvalue weighted by molar-refractivity contribution is -0.130. The van der Waals surface area contributed by atoms with Crippen LogP contribution in [-0.4, -0.2) is 22.2 Å². The van der Waals surface area contributed by atoms with Gasteiger partial charge in [0, 0.05) is 13.1 Å². The van der Waals surface area contributed by atoms with Gasteiger partial charge in [0.2, 0.25) is 5.91 Å². The highest BCUT2D eigenvalue weighted by molar-refractivity contribution is 9.10. The molecule has 0 saturated heterocycles. The van der Waals surface area contributed by atoms with Gasteiger partial charge in [-0.15, -0.1) is 0 Å². The summed E-state index contributed by atoms with van der Waals surface area (Å²) in [6, 6.07) is 3.69. The molecule has 1 aromatic carbocycles. The number of nitrogens with zero attached hydrogens (tertiary/aromatic N) is 1. The van der Waals surface area contributed by atoms with Gasteiger partial charge >= 0.3 is 0 Å². The Kier molecular flexibility index (Phi) is 5.72. The first-order valence-corrected chi connectivity index (χ1v) is 6.77. The Bertz CT molecular complexity index is 425. The van der Waals surface area contributed by atoms with Crippen LogP contribution in [0.3, 0.4) is 0 Å². The van der Waals surface area contributed by atoms with Crippen molar-refractivity contribution < 1.29 is 13.6 Å². The standard InChI is InChI=1S/C13H16BrF2NO/c1-3-10(14)13(18)17(4-2)8-9-5-6-11(15)12(16)7-9/h5-7,10H,3-4,8H2,1-2H3. The summed E-state index contributed by atoms with van der Waals surface area (Å²) in [6.45, 7) is 4.57. The average Bonchev–Trinajstić information content (AvgIpc) is 2.38. The zero-order valence-electron chi connectivity index (χ0n) is 10.4. The summed E-state index contributed by atoms with van der Waals surface area (Å²) in [7, 11) is 0. The first-order valence-electron chi connectivity index (χ1n) is 5.86. The first kappa shape index (κ1) is 15.1. The van der Waals surface area contributed by atoms with E-state index in [1.54, 1.807) is 4.90 Å². The molecule has 0 aliphatic carbocycles. The van der Waals surface area contributed by atoms with E-state index in [1.165, 1.54) is 6.07 Å². The molecule has 100 valence electrons. The second-order valence-corrected chi connectivity index (χ2v) is 5.08. The van der Waals surface area contributed by atoms with Crippen molar-refractivity contribution in [2.75, 3.05) is 6.54 Å². The van der Waals surface area contributed by atoms with Gasteiger partial charge in [-0.25, -0.2) is 8.78 Å². The summed E-state index contributed by atoms with van der Waals surface area (Å²) in [6.07, 6.45) is 0.688. The summed E-state index contributed by atoms with van der Waals surface area (Å²) >= 11 is 3.30. The lowest BCUT2D eigenvalue weighted by Crippen LogP contribution is -2.35. The molecule has 5 heteroatoms. The highest BCUT2D eigenvalue weighted by Crippen LogP contribution is 2.14. The first-order chi connectivity index (χ1) is 8.49. The maximum atomic E-state index is 13.1. The van der Waals surface area contributed by atoms with Gasteiger partial charge in [0.15, 0.2) is 11.6 Å². The molecule has 0 fully saturated rings. The van der Waals surface area contributed by atoms with Crippen molar-refractivity contribution in [1.29, 1.82) is 0 Å². The lowest BCUT2D eigenvalue weighted by Gasteiger charge is -2.23. The minimum absolute atomic E-state index is 0.0373. The van der Waals surface area contributed by atoms with Gasteiger partial charge in [0.1, 0.15) is 0 Å². The van der Waals surface area contributed by atoms with Gasteiger partial charge < -0.3 is 4.90 Å². The van der Waals surface area contributed by atoms with Crippen LogP contribution in [0, 0.1) is 11.6 Å². The molecule has 0 spiro atoms. The Morgan fingerprint density at radius 3 is 2.50 bits per heavy atom. The van der Waals surface area contributed by atoms with Crippen LogP contribution in [0.2, 0.25) is 0 Å². The van der Waals surface area contributed by atoms with Crippen LogP contribution in [0.4, 0.5) is 8.78 Å². The Hall–Kier alpha value is -0.970. The zero-order chi connectivity index (χ0) is 13.7. The monoisotopic (exact) mass is 319 g/mol. The highest BCUT2D eigenvalue weighted by atomic mass is 79.9. The van der Waals surface area contributed by atoms with Crippen molar-refractivity contribution in [1.82, 2.24) is 4.90 Å². The van der Waals surface area contributed by atoms with Crippen LogP contribution in [0.15, 0.2) is 18.2 Å². The zero-order valence-corrected chi connectivity index (χ0v) is 12.0. The molecule has 0 heterocycles. The number of carbonyl (C=O) groups is 1. The molecule has 1 unspecified atom stereocenters. The summed E-state index contributed by atoms with van der Waals surface area (Å²) in [5, 5.41) is 0. The third-order valence-corrected chi connectivity index (χ3v) is 3.72. The van der Waals surface area contributed by atoms with Crippen LogP contribution >= 0.6 is 15.9 Å². The Morgan fingerprint density at radius 1 is 1.33 bits per heavy atom. The molecule has 2 nitrogen and oxygen atoms in total. The number of halogens is 3. The largest absolute Gasteiger partial charge is 0.338 e. The van der Waals surface area contributed by atoms with E-state index in [1.807, 2.05) is 13.8 Å². The quantitative estimate of drug-likeness (QED) is 0.761. The predicted octanol–water partition coefficient (Wildman–Crippen LogP) is 3.49. The second-order valence-electron chi connectivity index (χ2n) is 3.98. The number of rotatable bonds is 5. The molecule has 18 heavy (non-hydrogen) atoms. The Morgan fingerprint density at radius 2 is 2.00 bits per heavy atom. The fourth-order valence-corrected chi connectivity index (χ4v) is 1.87. The minimum atomic E-state index is -0.887. The SMILES string of the molecule is CCC(Br)C(=O)N(CC)Cc1ccc(F)c(F)c1. The molecule has 1 atom stereocenters. The van der Waals surface area contributed by atoms with Crippen molar-refractivity contribution in [3.63, 3.8) is 0 Å². The number of benzene rings is 1. The van der Waals surface area contributed by atoms with Gasteiger partial charge in [0.05, 0.1) is 4.83 Å². The molecule has 0 aliphatic heterocycles.